The molecule has 0 unspecified atom stereocenters. The molecule has 7 heteroatoms. The lowest BCUT2D eigenvalue weighted by atomic mass is 9.92. The van der Waals surface area contributed by atoms with Gasteiger partial charge in [0.1, 0.15) is 17.0 Å². The Morgan fingerprint density at radius 3 is 2.26 bits per heavy atom. The maximum atomic E-state index is 12.0. The van der Waals surface area contributed by atoms with Crippen molar-refractivity contribution in [1.29, 1.82) is 0 Å². The van der Waals surface area contributed by atoms with Gasteiger partial charge in [-0.1, -0.05) is 0 Å². The summed E-state index contributed by atoms with van der Waals surface area (Å²) in [5, 5.41) is 12.1. The second-order valence-electron chi connectivity index (χ2n) is 5.24. The molecular formula is C16H21NO5S. The first kappa shape index (κ1) is 17.5. The standard InChI is InChI=1S/C16H21NO5S/c1-2-21-12-3-5-13(6-4-12)22-11-14(18)17-16(15(19)20)7-9-23-10-8-16/h3-6H,2,7-11H2,1H3,(H,17,18)(H,19,20). The molecule has 126 valence electrons. The lowest BCUT2D eigenvalue weighted by molar-refractivity contribution is -0.148. The largest absolute Gasteiger partial charge is 0.494 e. The molecule has 0 spiro atoms. The highest BCUT2D eigenvalue weighted by Gasteiger charge is 2.41. The second kappa shape index (κ2) is 8.10. The van der Waals surface area contributed by atoms with Gasteiger partial charge in [-0.25, -0.2) is 4.79 Å². The van der Waals surface area contributed by atoms with Gasteiger partial charge in [-0.3, -0.25) is 4.79 Å². The predicted octanol–water partition coefficient (Wildman–Crippen LogP) is 1.93. The quantitative estimate of drug-likeness (QED) is 0.790. The number of nitrogens with one attached hydrogen (secondary N) is 1. The third-order valence-electron chi connectivity index (χ3n) is 3.64. The van der Waals surface area contributed by atoms with Gasteiger partial charge in [0.25, 0.3) is 5.91 Å². The van der Waals surface area contributed by atoms with Crippen LogP contribution in [0.1, 0.15) is 19.8 Å². The fraction of sp³-hybridized carbons (Fsp3) is 0.500. The van der Waals surface area contributed by atoms with Gasteiger partial charge in [-0.05, 0) is 55.5 Å². The number of carboxylic acid groups (broad SMARTS) is 1. The summed E-state index contributed by atoms with van der Waals surface area (Å²) in [5.74, 6) is 1.32. The molecule has 1 aromatic rings. The maximum Gasteiger partial charge on any atom is 0.329 e. The first-order valence-corrected chi connectivity index (χ1v) is 8.69. The second-order valence-corrected chi connectivity index (χ2v) is 6.47. The Bertz CT molecular complexity index is 540. The Labute approximate surface area is 139 Å². The Hall–Kier alpha value is -1.89. The first-order chi connectivity index (χ1) is 11.1. The van der Waals surface area contributed by atoms with Crippen LogP contribution in [0.15, 0.2) is 24.3 Å². The summed E-state index contributed by atoms with van der Waals surface area (Å²) in [6, 6.07) is 6.94. The van der Waals surface area contributed by atoms with E-state index >= 15 is 0 Å². The fourth-order valence-electron chi connectivity index (χ4n) is 2.36. The van der Waals surface area contributed by atoms with Gasteiger partial charge in [-0.15, -0.1) is 0 Å². The van der Waals surface area contributed by atoms with Gasteiger partial charge in [0.05, 0.1) is 6.61 Å². The highest BCUT2D eigenvalue weighted by molar-refractivity contribution is 7.99. The van der Waals surface area contributed by atoms with Crippen LogP contribution in [0, 0.1) is 0 Å². The number of amides is 1. The van der Waals surface area contributed by atoms with Gasteiger partial charge in [0, 0.05) is 0 Å². The van der Waals surface area contributed by atoms with E-state index in [9.17, 15) is 14.7 Å². The number of thioether (sulfide) groups is 1. The van der Waals surface area contributed by atoms with Crippen LogP contribution in [-0.4, -0.2) is 47.2 Å². The summed E-state index contributed by atoms with van der Waals surface area (Å²) in [6.07, 6.45) is 0.865. The zero-order valence-corrected chi connectivity index (χ0v) is 13.9. The molecule has 1 aromatic carbocycles. The molecule has 2 rings (SSSR count). The molecule has 1 heterocycles. The van der Waals surface area contributed by atoms with Crippen LogP contribution in [-0.2, 0) is 9.59 Å². The van der Waals surface area contributed by atoms with Crippen molar-refractivity contribution in [3.05, 3.63) is 24.3 Å². The first-order valence-electron chi connectivity index (χ1n) is 7.53. The minimum Gasteiger partial charge on any atom is -0.494 e. The van der Waals surface area contributed by atoms with Gasteiger partial charge < -0.3 is 19.9 Å². The molecule has 1 aliphatic rings. The summed E-state index contributed by atoms with van der Waals surface area (Å²) in [7, 11) is 0. The highest BCUT2D eigenvalue weighted by Crippen LogP contribution is 2.27. The van der Waals surface area contributed by atoms with Gasteiger partial charge >= 0.3 is 5.97 Å². The molecule has 0 bridgehead atoms. The molecule has 0 saturated carbocycles. The lowest BCUT2D eigenvalue weighted by Gasteiger charge is -2.33. The molecule has 1 fully saturated rings. The summed E-state index contributed by atoms with van der Waals surface area (Å²) in [4.78, 5) is 23.5. The van der Waals surface area contributed by atoms with Crippen LogP contribution in [0.3, 0.4) is 0 Å². The molecule has 0 radical (unpaired) electrons. The monoisotopic (exact) mass is 339 g/mol. The number of benzene rings is 1. The molecular weight excluding hydrogens is 318 g/mol. The van der Waals surface area contributed by atoms with E-state index in [1.807, 2.05) is 6.92 Å². The minimum atomic E-state index is -1.16. The number of hydrogen-bond donors (Lipinski definition) is 2. The molecule has 23 heavy (non-hydrogen) atoms. The Morgan fingerprint density at radius 2 is 1.74 bits per heavy atom. The van der Waals surface area contributed by atoms with Crippen molar-refractivity contribution in [2.45, 2.75) is 25.3 Å². The van der Waals surface area contributed by atoms with E-state index in [0.29, 0.717) is 25.2 Å². The Morgan fingerprint density at radius 1 is 1.17 bits per heavy atom. The van der Waals surface area contributed by atoms with E-state index in [1.165, 1.54) is 0 Å². The van der Waals surface area contributed by atoms with E-state index in [-0.39, 0.29) is 6.61 Å². The van der Waals surface area contributed by atoms with Crippen molar-refractivity contribution in [2.24, 2.45) is 0 Å². The molecule has 0 aromatic heterocycles. The molecule has 6 nitrogen and oxygen atoms in total. The number of hydrogen-bond acceptors (Lipinski definition) is 5. The van der Waals surface area contributed by atoms with Gasteiger partial charge in [-0.2, -0.15) is 11.8 Å². The highest BCUT2D eigenvalue weighted by atomic mass is 32.2. The maximum absolute atomic E-state index is 12.0. The van der Waals surface area contributed by atoms with Crippen molar-refractivity contribution >= 4 is 23.6 Å². The molecule has 0 aliphatic carbocycles. The number of ether oxygens (including phenoxy) is 2. The zero-order valence-electron chi connectivity index (χ0n) is 13.0. The SMILES string of the molecule is CCOc1ccc(OCC(=O)NC2(C(=O)O)CCSCC2)cc1. The number of carboxylic acids is 1. The fourth-order valence-corrected chi connectivity index (χ4v) is 3.55. The van der Waals surface area contributed by atoms with Crippen LogP contribution < -0.4 is 14.8 Å². The van der Waals surface area contributed by atoms with Crippen LogP contribution in [0.4, 0.5) is 0 Å². The van der Waals surface area contributed by atoms with Crippen LogP contribution >= 0.6 is 11.8 Å². The summed E-state index contributed by atoms with van der Waals surface area (Å²) in [5.41, 5.74) is -1.16. The molecule has 1 saturated heterocycles. The summed E-state index contributed by atoms with van der Waals surface area (Å²) < 4.78 is 10.7. The van der Waals surface area contributed by atoms with Crippen LogP contribution in [0.2, 0.25) is 0 Å². The zero-order chi connectivity index (χ0) is 16.7. The van der Waals surface area contributed by atoms with Gasteiger partial charge in [0.2, 0.25) is 0 Å². The van der Waals surface area contributed by atoms with Gasteiger partial charge in [0.15, 0.2) is 6.61 Å². The molecule has 0 atom stereocenters. The lowest BCUT2D eigenvalue weighted by Crippen LogP contribution is -2.57. The van der Waals surface area contributed by atoms with Crippen LogP contribution in [0.25, 0.3) is 0 Å². The minimum absolute atomic E-state index is 0.212. The topological polar surface area (TPSA) is 84.9 Å². The number of carbonyl (C=O) groups excluding carboxylic acids is 1. The smallest absolute Gasteiger partial charge is 0.329 e. The third kappa shape index (κ3) is 4.79. The van der Waals surface area contributed by atoms with Crippen molar-refractivity contribution < 1.29 is 24.2 Å². The van der Waals surface area contributed by atoms with Crippen molar-refractivity contribution in [1.82, 2.24) is 5.32 Å². The van der Waals surface area contributed by atoms with Crippen molar-refractivity contribution in [2.75, 3.05) is 24.7 Å². The van der Waals surface area contributed by atoms with E-state index in [4.69, 9.17) is 9.47 Å². The summed E-state index contributed by atoms with van der Waals surface area (Å²) in [6.45, 7) is 2.27. The third-order valence-corrected chi connectivity index (χ3v) is 4.62. The molecule has 2 N–H and O–H groups in total. The average Bonchev–Trinajstić information content (AvgIpc) is 2.55. The normalized spacial score (nSPS) is 16.4. The Balaban J connectivity index is 1.87. The van der Waals surface area contributed by atoms with Crippen molar-refractivity contribution in [3.8, 4) is 11.5 Å². The van der Waals surface area contributed by atoms with Crippen LogP contribution in [0.5, 0.6) is 11.5 Å². The molecule has 1 amide bonds. The Kier molecular flexibility index (Phi) is 6.15. The predicted molar refractivity (Wildman–Crippen MR) is 88.2 cm³/mol. The summed E-state index contributed by atoms with van der Waals surface area (Å²) >= 11 is 1.70. The molecule has 1 aliphatic heterocycles. The van der Waals surface area contributed by atoms with E-state index in [1.54, 1.807) is 36.0 Å². The van der Waals surface area contributed by atoms with E-state index in [0.717, 1.165) is 17.3 Å². The van der Waals surface area contributed by atoms with Crippen molar-refractivity contribution in [3.63, 3.8) is 0 Å². The number of carbonyl (C=O) groups is 2. The average molecular weight is 339 g/mol. The van der Waals surface area contributed by atoms with E-state index < -0.39 is 17.4 Å². The van der Waals surface area contributed by atoms with E-state index in [2.05, 4.69) is 5.32 Å². The number of rotatable bonds is 7. The number of aliphatic carboxylic acids is 1.